The lowest BCUT2D eigenvalue weighted by Gasteiger charge is -2.05. The van der Waals surface area contributed by atoms with Crippen molar-refractivity contribution < 1.29 is 18.8 Å². The third-order valence-corrected chi connectivity index (χ3v) is 3.86. The summed E-state index contributed by atoms with van der Waals surface area (Å²) in [7, 11) is 0. The minimum atomic E-state index is -0.690. The first-order chi connectivity index (χ1) is 14.5. The number of nitro groups is 1. The zero-order chi connectivity index (χ0) is 21.1. The van der Waals surface area contributed by atoms with Crippen molar-refractivity contribution in [2.75, 3.05) is 5.73 Å². The molecule has 0 bridgehead atoms. The molecule has 0 saturated heterocycles. The fraction of sp³-hybridized carbons (Fsp3) is 0. The normalized spacial score (nSPS) is 11.1. The van der Waals surface area contributed by atoms with Crippen LogP contribution in [0.4, 0.5) is 11.5 Å². The molecular formula is C16H11N9O5. The number of nitro benzene ring substituents is 1. The summed E-state index contributed by atoms with van der Waals surface area (Å²) in [5, 5.41) is 29.7. The number of nitrogens with two attached hydrogens (primary N) is 1. The highest BCUT2D eigenvalue weighted by Gasteiger charge is 2.25. The van der Waals surface area contributed by atoms with Gasteiger partial charge in [-0.2, -0.15) is 9.78 Å². The molecule has 0 aliphatic carbocycles. The van der Waals surface area contributed by atoms with Gasteiger partial charge in [0, 0.05) is 23.3 Å². The molecule has 0 unspecified atom stereocenters. The lowest BCUT2D eigenvalue weighted by Crippen LogP contribution is -2.19. The molecule has 14 heteroatoms. The third-order valence-electron chi connectivity index (χ3n) is 3.86. The average Bonchev–Trinajstić information content (AvgIpc) is 3.48. The van der Waals surface area contributed by atoms with Crippen LogP contribution in [0.1, 0.15) is 16.1 Å². The molecule has 14 nitrogen and oxygen atoms in total. The van der Waals surface area contributed by atoms with Gasteiger partial charge >= 0.3 is 0 Å². The molecule has 0 radical (unpaired) electrons. The van der Waals surface area contributed by atoms with Crippen molar-refractivity contribution in [1.82, 2.24) is 30.7 Å². The van der Waals surface area contributed by atoms with E-state index in [0.717, 1.165) is 4.68 Å². The van der Waals surface area contributed by atoms with E-state index >= 15 is 0 Å². The van der Waals surface area contributed by atoms with Crippen LogP contribution >= 0.6 is 0 Å². The summed E-state index contributed by atoms with van der Waals surface area (Å²) in [5.74, 6) is -0.783. The molecule has 3 heterocycles. The first-order valence-corrected chi connectivity index (χ1v) is 8.19. The van der Waals surface area contributed by atoms with Crippen LogP contribution in [-0.4, -0.2) is 42.4 Å². The molecule has 150 valence electrons. The highest BCUT2D eigenvalue weighted by atomic mass is 16.6. The SMILES string of the molecule is Nc1nonc1-n1nnc(C(=O)N/N=C\c2ccoc2)c1-c1ccc([N+](=O)[O-])cc1. The van der Waals surface area contributed by atoms with Crippen LogP contribution in [0.3, 0.4) is 0 Å². The quantitative estimate of drug-likeness (QED) is 0.265. The fourth-order valence-corrected chi connectivity index (χ4v) is 2.49. The Morgan fingerprint density at radius 1 is 1.27 bits per heavy atom. The summed E-state index contributed by atoms with van der Waals surface area (Å²) in [5.41, 5.74) is 8.97. The summed E-state index contributed by atoms with van der Waals surface area (Å²) in [6.07, 6.45) is 4.27. The first-order valence-electron chi connectivity index (χ1n) is 8.19. The van der Waals surface area contributed by atoms with Crippen LogP contribution in [0.15, 0.2) is 57.0 Å². The van der Waals surface area contributed by atoms with Crippen LogP contribution < -0.4 is 11.2 Å². The summed E-state index contributed by atoms with van der Waals surface area (Å²) in [6, 6.07) is 7.06. The number of rotatable bonds is 6. The maximum atomic E-state index is 12.6. The summed E-state index contributed by atoms with van der Waals surface area (Å²) < 4.78 is 10.6. The van der Waals surface area contributed by atoms with Gasteiger partial charge in [-0.3, -0.25) is 14.9 Å². The Hall–Kier alpha value is -4.88. The van der Waals surface area contributed by atoms with Gasteiger partial charge in [0.15, 0.2) is 5.69 Å². The number of anilines is 1. The van der Waals surface area contributed by atoms with Gasteiger partial charge in [-0.1, -0.05) is 5.21 Å². The number of hydrogen-bond acceptors (Lipinski definition) is 11. The van der Waals surface area contributed by atoms with Crippen LogP contribution in [0, 0.1) is 10.1 Å². The summed E-state index contributed by atoms with van der Waals surface area (Å²) in [6.45, 7) is 0. The van der Waals surface area contributed by atoms with E-state index in [1.165, 1.54) is 43.0 Å². The van der Waals surface area contributed by atoms with Crippen molar-refractivity contribution in [3.8, 4) is 17.1 Å². The van der Waals surface area contributed by atoms with Gasteiger partial charge in [0.2, 0.25) is 11.6 Å². The zero-order valence-electron chi connectivity index (χ0n) is 14.9. The Labute approximate surface area is 166 Å². The molecule has 0 fully saturated rings. The molecule has 4 rings (SSSR count). The molecule has 1 aromatic carbocycles. The monoisotopic (exact) mass is 409 g/mol. The van der Waals surface area contributed by atoms with Crippen molar-refractivity contribution in [1.29, 1.82) is 0 Å². The van der Waals surface area contributed by atoms with E-state index in [0.29, 0.717) is 11.1 Å². The van der Waals surface area contributed by atoms with E-state index in [2.05, 4.69) is 35.8 Å². The Kier molecular flexibility index (Phi) is 4.70. The molecule has 0 aliphatic heterocycles. The Balaban J connectivity index is 1.73. The van der Waals surface area contributed by atoms with Gasteiger partial charge in [0.05, 0.1) is 23.7 Å². The second kappa shape index (κ2) is 7.63. The van der Waals surface area contributed by atoms with Crippen molar-refractivity contribution >= 4 is 23.6 Å². The van der Waals surface area contributed by atoms with Crippen molar-refractivity contribution in [2.45, 2.75) is 0 Å². The van der Waals surface area contributed by atoms with Crippen LogP contribution in [0.5, 0.6) is 0 Å². The smallest absolute Gasteiger partial charge is 0.294 e. The highest BCUT2D eigenvalue weighted by Crippen LogP contribution is 2.28. The van der Waals surface area contributed by atoms with Gasteiger partial charge in [0.1, 0.15) is 5.69 Å². The van der Waals surface area contributed by atoms with E-state index in [-0.39, 0.29) is 28.7 Å². The number of nitrogens with one attached hydrogen (secondary N) is 1. The van der Waals surface area contributed by atoms with Gasteiger partial charge in [-0.05, 0) is 28.5 Å². The van der Waals surface area contributed by atoms with E-state index in [9.17, 15) is 14.9 Å². The Bertz CT molecular complexity index is 1220. The summed E-state index contributed by atoms with van der Waals surface area (Å²) >= 11 is 0. The molecule has 0 saturated carbocycles. The lowest BCUT2D eigenvalue weighted by atomic mass is 10.1. The van der Waals surface area contributed by atoms with Crippen LogP contribution in [0.2, 0.25) is 0 Å². The van der Waals surface area contributed by atoms with Gasteiger partial charge in [0.25, 0.3) is 11.6 Å². The number of non-ortho nitro benzene ring substituents is 1. The molecule has 0 spiro atoms. The number of carbonyl (C=O) groups excluding carboxylic acids is 1. The van der Waals surface area contributed by atoms with Crippen molar-refractivity contribution in [2.24, 2.45) is 5.10 Å². The molecule has 4 aromatic rings. The number of furan rings is 1. The topological polar surface area (TPSA) is 193 Å². The van der Waals surface area contributed by atoms with Crippen LogP contribution in [0.25, 0.3) is 17.1 Å². The lowest BCUT2D eigenvalue weighted by molar-refractivity contribution is -0.384. The van der Waals surface area contributed by atoms with E-state index in [1.807, 2.05) is 0 Å². The highest BCUT2D eigenvalue weighted by molar-refractivity contribution is 5.98. The van der Waals surface area contributed by atoms with Gasteiger partial charge in [-0.15, -0.1) is 5.10 Å². The Morgan fingerprint density at radius 3 is 2.70 bits per heavy atom. The van der Waals surface area contributed by atoms with Crippen molar-refractivity contribution in [3.05, 3.63) is 64.2 Å². The standard InChI is InChI=1S/C16H11N9O5/c17-14-15(22-30-21-14)24-13(10-1-3-11(4-2-10)25(27)28)12(19-23-24)16(26)20-18-7-9-5-6-29-8-9/h1-8H,(H2,17,21)(H,20,26)/b18-7-. The number of hydrogen-bond donors (Lipinski definition) is 2. The number of nitrogen functional groups attached to an aromatic ring is 1. The molecular weight excluding hydrogens is 398 g/mol. The van der Waals surface area contributed by atoms with Gasteiger partial charge < -0.3 is 10.2 Å². The number of aromatic nitrogens is 5. The maximum Gasteiger partial charge on any atom is 0.294 e. The minimum absolute atomic E-state index is 0.00296. The maximum absolute atomic E-state index is 12.6. The average molecular weight is 409 g/mol. The summed E-state index contributed by atoms with van der Waals surface area (Å²) in [4.78, 5) is 23.0. The van der Waals surface area contributed by atoms with E-state index in [1.54, 1.807) is 6.07 Å². The molecule has 0 atom stereocenters. The predicted octanol–water partition coefficient (Wildman–Crippen LogP) is 1.16. The number of hydrazone groups is 1. The largest absolute Gasteiger partial charge is 0.472 e. The van der Waals surface area contributed by atoms with Crippen molar-refractivity contribution in [3.63, 3.8) is 0 Å². The number of benzene rings is 1. The van der Waals surface area contributed by atoms with E-state index in [4.69, 9.17) is 10.2 Å². The predicted molar refractivity (Wildman–Crippen MR) is 99.5 cm³/mol. The number of carbonyl (C=O) groups is 1. The number of amides is 1. The molecule has 3 N–H and O–H groups in total. The minimum Gasteiger partial charge on any atom is -0.472 e. The van der Waals surface area contributed by atoms with Gasteiger partial charge in [-0.25, -0.2) is 10.1 Å². The number of nitrogens with zero attached hydrogens (tertiary/aromatic N) is 7. The Morgan fingerprint density at radius 2 is 2.07 bits per heavy atom. The second-order valence-electron chi connectivity index (χ2n) is 5.73. The van der Waals surface area contributed by atoms with E-state index < -0.39 is 10.8 Å². The third kappa shape index (κ3) is 3.47. The molecule has 1 amide bonds. The first kappa shape index (κ1) is 18.5. The molecule has 30 heavy (non-hydrogen) atoms. The second-order valence-corrected chi connectivity index (χ2v) is 5.73. The zero-order valence-corrected chi connectivity index (χ0v) is 14.9. The molecule has 0 aliphatic rings. The molecule has 3 aromatic heterocycles. The fourth-order valence-electron chi connectivity index (χ4n) is 2.49. The van der Waals surface area contributed by atoms with Crippen LogP contribution in [-0.2, 0) is 0 Å².